The van der Waals surface area contributed by atoms with Crippen LogP contribution in [0.4, 0.5) is 0 Å². The molecule has 5 nitrogen and oxygen atoms in total. The summed E-state index contributed by atoms with van der Waals surface area (Å²) in [6.45, 7) is 5.56. The first-order valence-corrected chi connectivity index (χ1v) is 6.31. The van der Waals surface area contributed by atoms with Gasteiger partial charge in [0.25, 0.3) is 0 Å². The van der Waals surface area contributed by atoms with E-state index in [1.165, 1.54) is 0 Å². The van der Waals surface area contributed by atoms with Gasteiger partial charge in [-0.05, 0) is 32.4 Å². The van der Waals surface area contributed by atoms with Crippen LogP contribution in [0.3, 0.4) is 0 Å². The number of hydrogen-bond acceptors (Lipinski definition) is 5. The standard InChI is InChI=1S/C13H19NO4/c1-3-16-13(15)12-5-4-10(18-12)8-14-11-6-7-17-9(11)2/h4-5,9,11,14H,3,6-8H2,1-2H3. The molecule has 100 valence electrons. The van der Waals surface area contributed by atoms with E-state index in [-0.39, 0.29) is 11.9 Å². The normalized spacial score (nSPS) is 23.2. The SMILES string of the molecule is CCOC(=O)c1ccc(CNC2CCOC2C)o1. The lowest BCUT2D eigenvalue weighted by Gasteiger charge is -2.14. The minimum atomic E-state index is -0.415. The largest absolute Gasteiger partial charge is 0.460 e. The molecule has 0 radical (unpaired) electrons. The van der Waals surface area contributed by atoms with Crippen LogP contribution in [0.1, 0.15) is 36.6 Å². The highest BCUT2D eigenvalue weighted by atomic mass is 16.5. The number of furan rings is 1. The molecule has 5 heteroatoms. The maximum Gasteiger partial charge on any atom is 0.374 e. The second-order valence-corrected chi connectivity index (χ2v) is 4.34. The lowest BCUT2D eigenvalue weighted by molar-refractivity contribution is 0.0487. The van der Waals surface area contributed by atoms with Crippen molar-refractivity contribution in [3.63, 3.8) is 0 Å². The lowest BCUT2D eigenvalue weighted by atomic mass is 10.1. The van der Waals surface area contributed by atoms with Gasteiger partial charge in [-0.25, -0.2) is 4.79 Å². The van der Waals surface area contributed by atoms with E-state index in [0.717, 1.165) is 18.8 Å². The second-order valence-electron chi connectivity index (χ2n) is 4.34. The van der Waals surface area contributed by atoms with E-state index in [1.807, 2.05) is 0 Å². The van der Waals surface area contributed by atoms with E-state index < -0.39 is 5.97 Å². The monoisotopic (exact) mass is 253 g/mol. The van der Waals surface area contributed by atoms with Gasteiger partial charge in [-0.1, -0.05) is 0 Å². The first-order valence-electron chi connectivity index (χ1n) is 6.31. The minimum Gasteiger partial charge on any atom is -0.460 e. The number of ether oxygens (including phenoxy) is 2. The molecule has 0 bridgehead atoms. The summed E-state index contributed by atoms with van der Waals surface area (Å²) in [7, 11) is 0. The maximum atomic E-state index is 11.4. The Morgan fingerprint density at radius 1 is 1.56 bits per heavy atom. The van der Waals surface area contributed by atoms with Gasteiger partial charge in [-0.3, -0.25) is 0 Å². The summed E-state index contributed by atoms with van der Waals surface area (Å²) in [5.74, 6) is 0.572. The van der Waals surface area contributed by atoms with E-state index in [4.69, 9.17) is 13.9 Å². The number of carbonyl (C=O) groups excluding carboxylic acids is 1. The van der Waals surface area contributed by atoms with Gasteiger partial charge in [0.1, 0.15) is 5.76 Å². The van der Waals surface area contributed by atoms with Crippen molar-refractivity contribution in [2.24, 2.45) is 0 Å². The zero-order chi connectivity index (χ0) is 13.0. The molecule has 2 heterocycles. The fraction of sp³-hybridized carbons (Fsp3) is 0.615. The predicted octanol–water partition coefficient (Wildman–Crippen LogP) is 1.72. The third-order valence-electron chi connectivity index (χ3n) is 3.05. The fourth-order valence-corrected chi connectivity index (χ4v) is 2.02. The summed E-state index contributed by atoms with van der Waals surface area (Å²) in [6, 6.07) is 3.78. The summed E-state index contributed by atoms with van der Waals surface area (Å²) in [5.41, 5.74) is 0. The van der Waals surface area contributed by atoms with E-state index in [1.54, 1.807) is 19.1 Å². The molecule has 1 aliphatic heterocycles. The van der Waals surface area contributed by atoms with Crippen LogP contribution >= 0.6 is 0 Å². The van der Waals surface area contributed by atoms with Crippen LogP contribution in [0, 0.1) is 0 Å². The van der Waals surface area contributed by atoms with E-state index in [2.05, 4.69) is 12.2 Å². The lowest BCUT2D eigenvalue weighted by Crippen LogP contribution is -2.33. The Balaban J connectivity index is 1.85. The average molecular weight is 253 g/mol. The topological polar surface area (TPSA) is 60.7 Å². The molecule has 0 saturated carbocycles. The van der Waals surface area contributed by atoms with Crippen LogP contribution in [-0.2, 0) is 16.0 Å². The molecule has 18 heavy (non-hydrogen) atoms. The van der Waals surface area contributed by atoms with Crippen molar-refractivity contribution < 1.29 is 18.7 Å². The van der Waals surface area contributed by atoms with Crippen molar-refractivity contribution >= 4 is 5.97 Å². The first kappa shape index (κ1) is 13.1. The Hall–Kier alpha value is -1.33. The van der Waals surface area contributed by atoms with Crippen LogP contribution in [0.5, 0.6) is 0 Å². The van der Waals surface area contributed by atoms with Crippen molar-refractivity contribution in [1.29, 1.82) is 0 Å². The summed E-state index contributed by atoms with van der Waals surface area (Å²) < 4.78 is 15.7. The zero-order valence-electron chi connectivity index (χ0n) is 10.8. The second kappa shape index (κ2) is 6.02. The summed E-state index contributed by atoms with van der Waals surface area (Å²) in [4.78, 5) is 11.4. The number of hydrogen-bond donors (Lipinski definition) is 1. The smallest absolute Gasteiger partial charge is 0.374 e. The zero-order valence-corrected chi connectivity index (χ0v) is 10.8. The number of nitrogens with one attached hydrogen (secondary N) is 1. The Morgan fingerprint density at radius 3 is 3.06 bits per heavy atom. The number of esters is 1. The van der Waals surface area contributed by atoms with Crippen LogP contribution in [0.2, 0.25) is 0 Å². The molecule has 2 atom stereocenters. The Labute approximate surface area is 106 Å². The molecule has 2 unspecified atom stereocenters. The first-order chi connectivity index (χ1) is 8.70. The Bertz CT molecular complexity index is 401. The molecule has 1 aromatic rings. The van der Waals surface area contributed by atoms with Gasteiger partial charge in [0.2, 0.25) is 5.76 Å². The highest BCUT2D eigenvalue weighted by molar-refractivity contribution is 5.86. The van der Waals surface area contributed by atoms with Crippen LogP contribution in [0.25, 0.3) is 0 Å². The summed E-state index contributed by atoms with van der Waals surface area (Å²) >= 11 is 0. The molecular weight excluding hydrogens is 234 g/mol. The molecule has 0 aliphatic carbocycles. The molecule has 1 saturated heterocycles. The maximum absolute atomic E-state index is 11.4. The minimum absolute atomic E-state index is 0.226. The predicted molar refractivity (Wildman–Crippen MR) is 65.3 cm³/mol. The van der Waals surface area contributed by atoms with Gasteiger partial charge in [0, 0.05) is 12.6 Å². The van der Waals surface area contributed by atoms with Crippen molar-refractivity contribution in [2.45, 2.75) is 39.0 Å². The van der Waals surface area contributed by atoms with Gasteiger partial charge >= 0.3 is 5.97 Å². The van der Waals surface area contributed by atoms with Crippen LogP contribution in [-0.4, -0.2) is 31.3 Å². The van der Waals surface area contributed by atoms with Gasteiger partial charge < -0.3 is 19.2 Å². The molecule has 0 spiro atoms. The molecular formula is C13H19NO4. The highest BCUT2D eigenvalue weighted by Crippen LogP contribution is 2.14. The average Bonchev–Trinajstić information content (AvgIpc) is 2.96. The van der Waals surface area contributed by atoms with Crippen molar-refractivity contribution in [2.75, 3.05) is 13.2 Å². The van der Waals surface area contributed by atoms with Crippen LogP contribution < -0.4 is 5.32 Å². The Morgan fingerprint density at radius 2 is 2.39 bits per heavy atom. The highest BCUT2D eigenvalue weighted by Gasteiger charge is 2.23. The molecule has 2 rings (SSSR count). The van der Waals surface area contributed by atoms with E-state index in [0.29, 0.717) is 19.2 Å². The van der Waals surface area contributed by atoms with E-state index in [9.17, 15) is 4.79 Å². The summed E-state index contributed by atoms with van der Waals surface area (Å²) in [5, 5.41) is 3.36. The quantitative estimate of drug-likeness (QED) is 0.810. The number of rotatable bonds is 5. The van der Waals surface area contributed by atoms with Crippen molar-refractivity contribution in [3.05, 3.63) is 23.7 Å². The van der Waals surface area contributed by atoms with Gasteiger partial charge in [0.05, 0.1) is 19.3 Å². The molecule has 0 aromatic carbocycles. The summed E-state index contributed by atoms with van der Waals surface area (Å²) in [6.07, 6.45) is 1.23. The van der Waals surface area contributed by atoms with Gasteiger partial charge in [-0.15, -0.1) is 0 Å². The van der Waals surface area contributed by atoms with Crippen LogP contribution in [0.15, 0.2) is 16.5 Å². The number of carbonyl (C=O) groups is 1. The molecule has 1 aromatic heterocycles. The van der Waals surface area contributed by atoms with E-state index >= 15 is 0 Å². The third kappa shape index (κ3) is 3.11. The molecule has 1 N–H and O–H groups in total. The Kier molecular flexibility index (Phi) is 4.38. The van der Waals surface area contributed by atoms with Gasteiger partial charge in [0.15, 0.2) is 0 Å². The molecule has 1 aliphatic rings. The molecule has 1 fully saturated rings. The van der Waals surface area contributed by atoms with Crippen molar-refractivity contribution in [3.8, 4) is 0 Å². The van der Waals surface area contributed by atoms with Gasteiger partial charge in [-0.2, -0.15) is 0 Å². The molecule has 0 amide bonds. The van der Waals surface area contributed by atoms with Crippen molar-refractivity contribution in [1.82, 2.24) is 5.32 Å². The third-order valence-corrected chi connectivity index (χ3v) is 3.05. The fourth-order valence-electron chi connectivity index (χ4n) is 2.02.